The Morgan fingerprint density at radius 1 is 1.00 bits per heavy atom. The molecule has 0 amide bonds. The lowest BCUT2D eigenvalue weighted by atomic mass is 9.87. The number of fused-ring (bicyclic) bond motifs is 2. The van der Waals surface area contributed by atoms with E-state index in [2.05, 4.69) is 15.0 Å². The third kappa shape index (κ3) is 5.06. The summed E-state index contributed by atoms with van der Waals surface area (Å²) in [5, 5.41) is 7.63. The van der Waals surface area contributed by atoms with Crippen LogP contribution in [0.4, 0.5) is 8.78 Å². The fourth-order valence-electron chi connectivity index (χ4n) is 4.05. The van der Waals surface area contributed by atoms with Crippen LogP contribution in [0.3, 0.4) is 0 Å². The molecular weight excluding hydrogens is 480 g/mol. The maximum absolute atomic E-state index is 15.2. The molecule has 5 rings (SSSR count). The predicted molar refractivity (Wildman–Crippen MR) is 139 cm³/mol. The molecule has 1 aromatic carbocycles. The van der Waals surface area contributed by atoms with Gasteiger partial charge >= 0.3 is 0 Å². The summed E-state index contributed by atoms with van der Waals surface area (Å²) in [7, 11) is 0. The van der Waals surface area contributed by atoms with Crippen molar-refractivity contribution >= 4 is 16.9 Å². The lowest BCUT2D eigenvalue weighted by Crippen LogP contribution is -2.17. The van der Waals surface area contributed by atoms with Gasteiger partial charge in [-0.2, -0.15) is 8.78 Å². The van der Waals surface area contributed by atoms with Crippen molar-refractivity contribution in [3.05, 3.63) is 89.6 Å². The van der Waals surface area contributed by atoms with E-state index in [0.717, 1.165) is 28.6 Å². The van der Waals surface area contributed by atoms with Gasteiger partial charge in [-0.1, -0.05) is 31.7 Å². The van der Waals surface area contributed by atoms with Gasteiger partial charge in [-0.15, -0.1) is 0 Å². The normalized spacial score (nSPS) is 13.5. The topological polar surface area (TPSA) is 97.8 Å². The first-order valence-electron chi connectivity index (χ1n) is 11.4. The molecule has 1 atom stereocenters. The second-order valence-corrected chi connectivity index (χ2v) is 8.89. The van der Waals surface area contributed by atoms with E-state index in [9.17, 15) is 4.39 Å². The van der Waals surface area contributed by atoms with Crippen molar-refractivity contribution in [3.8, 4) is 33.9 Å². The maximum atomic E-state index is 15.2. The molecule has 9 heteroatoms. The van der Waals surface area contributed by atoms with Gasteiger partial charge in [0.1, 0.15) is 5.75 Å². The van der Waals surface area contributed by atoms with Crippen molar-refractivity contribution in [1.82, 2.24) is 15.0 Å². The molecule has 36 heavy (non-hydrogen) atoms. The molecular formula is C27H25F2N5OS. The molecule has 3 aromatic heterocycles. The molecule has 1 aliphatic heterocycles. The summed E-state index contributed by atoms with van der Waals surface area (Å²) in [5.41, 5.74) is 9.87. The highest BCUT2D eigenvalue weighted by Gasteiger charge is 2.32. The zero-order valence-corrected chi connectivity index (χ0v) is 20.9. The smallest absolute Gasteiger partial charge is 0.256 e. The van der Waals surface area contributed by atoms with Crippen molar-refractivity contribution in [2.24, 2.45) is 5.73 Å². The van der Waals surface area contributed by atoms with Crippen LogP contribution in [0.15, 0.2) is 60.9 Å². The van der Waals surface area contributed by atoms with Crippen LogP contribution in [0.2, 0.25) is 0 Å². The first-order valence-corrected chi connectivity index (χ1v) is 12.4. The number of pyridine rings is 3. The van der Waals surface area contributed by atoms with E-state index in [1.807, 2.05) is 32.9 Å². The number of thioether (sulfide) groups is 1. The summed E-state index contributed by atoms with van der Waals surface area (Å²) in [6.07, 6.45) is 3.04. The van der Waals surface area contributed by atoms with Crippen LogP contribution < -0.4 is 10.5 Å². The molecule has 4 aromatic rings. The zero-order chi connectivity index (χ0) is 25.8. The maximum Gasteiger partial charge on any atom is 0.256 e. The Morgan fingerprint density at radius 2 is 1.81 bits per heavy atom. The van der Waals surface area contributed by atoms with Gasteiger partial charge in [0, 0.05) is 52.0 Å². The summed E-state index contributed by atoms with van der Waals surface area (Å²) < 4.78 is 35.5. The predicted octanol–water partition coefficient (Wildman–Crippen LogP) is 6.68. The Bertz CT molecular complexity index is 1430. The molecule has 1 aliphatic rings. The molecule has 0 saturated carbocycles. The zero-order valence-electron chi connectivity index (χ0n) is 20.0. The molecule has 1 unspecified atom stereocenters. The van der Waals surface area contributed by atoms with Gasteiger partial charge in [0.15, 0.2) is 10.9 Å². The number of halogens is 2. The number of benzene rings is 1. The number of hydrogen-bond donors (Lipinski definition) is 2. The average molecular weight is 506 g/mol. The van der Waals surface area contributed by atoms with Crippen molar-refractivity contribution in [3.63, 3.8) is 0 Å². The van der Waals surface area contributed by atoms with Gasteiger partial charge in [-0.05, 0) is 55.0 Å². The fraction of sp³-hybridized carbons (Fsp3) is 0.185. The molecule has 184 valence electrons. The highest BCUT2D eigenvalue weighted by molar-refractivity contribution is 8.13. The second kappa shape index (κ2) is 10.8. The summed E-state index contributed by atoms with van der Waals surface area (Å²) in [5.74, 6) is -0.825. The van der Waals surface area contributed by atoms with Gasteiger partial charge in [-0.25, -0.2) is 9.97 Å². The number of nitrogens with zero attached hydrogens (tertiary/aromatic N) is 3. The number of amidine groups is 1. The Balaban J connectivity index is 0.00000148. The van der Waals surface area contributed by atoms with Crippen molar-refractivity contribution < 1.29 is 13.5 Å². The van der Waals surface area contributed by atoms with Crippen molar-refractivity contribution in [2.75, 3.05) is 5.75 Å². The minimum Gasteiger partial charge on any atom is -0.452 e. The Labute approximate surface area is 212 Å². The molecule has 3 N–H and O–H groups in total. The number of nitrogens with one attached hydrogen (secondary N) is 1. The molecule has 0 bridgehead atoms. The summed E-state index contributed by atoms with van der Waals surface area (Å²) in [6.45, 7) is 5.85. The minimum absolute atomic E-state index is 0.0384. The monoisotopic (exact) mass is 505 g/mol. The molecule has 6 nitrogen and oxygen atoms in total. The largest absolute Gasteiger partial charge is 0.452 e. The van der Waals surface area contributed by atoms with Crippen LogP contribution in [-0.2, 0) is 0 Å². The molecule has 0 radical (unpaired) electrons. The molecule has 0 aliphatic carbocycles. The van der Waals surface area contributed by atoms with Crippen molar-refractivity contribution in [2.45, 2.75) is 26.7 Å². The Morgan fingerprint density at radius 3 is 2.53 bits per heavy atom. The SMILES string of the molecule is CC.Cc1cc(-c2cc3c(c(F)n2)Oc2ccc(-c4cccnc4F)cc2C3CSC(=N)N)ccn1. The van der Waals surface area contributed by atoms with Crippen molar-refractivity contribution in [1.29, 1.82) is 5.41 Å². The van der Waals surface area contributed by atoms with E-state index in [1.165, 1.54) is 6.20 Å². The number of ether oxygens (including phenoxy) is 1. The third-order valence-electron chi connectivity index (χ3n) is 5.60. The van der Waals surface area contributed by atoms with E-state index >= 15 is 4.39 Å². The lowest BCUT2D eigenvalue weighted by molar-refractivity contribution is 0.405. The molecule has 0 spiro atoms. The van der Waals surface area contributed by atoms with E-state index in [0.29, 0.717) is 33.9 Å². The van der Waals surface area contributed by atoms with Crippen LogP contribution in [0.1, 0.15) is 36.6 Å². The van der Waals surface area contributed by atoms with Crippen LogP contribution in [0.5, 0.6) is 11.5 Å². The van der Waals surface area contributed by atoms with Crippen LogP contribution in [0, 0.1) is 24.2 Å². The quantitative estimate of drug-likeness (QED) is 0.182. The lowest BCUT2D eigenvalue weighted by Gasteiger charge is -2.29. The molecule has 0 saturated heterocycles. The number of aryl methyl sites for hydroxylation is 1. The Kier molecular flexibility index (Phi) is 7.59. The first kappa shape index (κ1) is 25.2. The Hall–Kier alpha value is -3.85. The molecule has 0 fully saturated rings. The van der Waals surface area contributed by atoms with E-state index in [4.69, 9.17) is 15.9 Å². The summed E-state index contributed by atoms with van der Waals surface area (Å²) in [4.78, 5) is 12.1. The number of rotatable bonds is 4. The first-order chi connectivity index (χ1) is 17.4. The van der Waals surface area contributed by atoms with Gasteiger partial charge in [0.25, 0.3) is 5.95 Å². The third-order valence-corrected chi connectivity index (χ3v) is 6.41. The van der Waals surface area contributed by atoms with Crippen LogP contribution in [0.25, 0.3) is 22.4 Å². The number of nitrogens with two attached hydrogens (primary N) is 1. The number of hydrogen-bond acceptors (Lipinski definition) is 6. The summed E-state index contributed by atoms with van der Waals surface area (Å²) >= 11 is 1.15. The average Bonchev–Trinajstić information content (AvgIpc) is 2.88. The molecule has 4 heterocycles. The van der Waals surface area contributed by atoms with Crippen LogP contribution in [-0.4, -0.2) is 25.9 Å². The van der Waals surface area contributed by atoms with E-state index in [1.54, 1.807) is 42.6 Å². The van der Waals surface area contributed by atoms with Gasteiger partial charge < -0.3 is 10.5 Å². The van der Waals surface area contributed by atoms with Gasteiger partial charge in [0.05, 0.1) is 5.69 Å². The number of aromatic nitrogens is 3. The van der Waals surface area contributed by atoms with E-state index < -0.39 is 11.9 Å². The fourth-order valence-corrected chi connectivity index (χ4v) is 4.75. The highest BCUT2D eigenvalue weighted by atomic mass is 32.2. The minimum atomic E-state index is -0.729. The second-order valence-electron chi connectivity index (χ2n) is 7.83. The van der Waals surface area contributed by atoms with E-state index in [-0.39, 0.29) is 16.8 Å². The standard InChI is InChI=1S/C25H19F2N5OS.C2H6/c1-13-9-15(6-8-30-13)20-11-18-19(12-34-25(28)29)17-10-14(16-3-2-7-31-23(16)26)4-5-21(17)33-22(18)24(27)32-20;1-2/h2-11,19H,12H2,1H3,(H3,28,29);1-2H3. The highest BCUT2D eigenvalue weighted by Crippen LogP contribution is 2.48. The summed E-state index contributed by atoms with van der Waals surface area (Å²) in [6, 6.07) is 13.9. The van der Waals surface area contributed by atoms with Crippen LogP contribution >= 0.6 is 11.8 Å². The van der Waals surface area contributed by atoms with Gasteiger partial charge in [0.2, 0.25) is 5.95 Å². The van der Waals surface area contributed by atoms with Gasteiger partial charge in [-0.3, -0.25) is 10.4 Å².